The molecule has 0 aromatic rings. The summed E-state index contributed by atoms with van der Waals surface area (Å²) in [6.07, 6.45) is 12.0. The van der Waals surface area contributed by atoms with E-state index in [1.807, 2.05) is 0 Å². The molecule has 0 saturated heterocycles. The van der Waals surface area contributed by atoms with Gasteiger partial charge in [-0.2, -0.15) is 0 Å². The van der Waals surface area contributed by atoms with Gasteiger partial charge in [0.05, 0.1) is 0 Å². The molecule has 94 valence electrons. The van der Waals surface area contributed by atoms with Crippen molar-refractivity contribution in [3.8, 4) is 0 Å². The molecule has 0 amide bonds. The van der Waals surface area contributed by atoms with Gasteiger partial charge in [-0.1, -0.05) is 44.1 Å². The van der Waals surface area contributed by atoms with Crippen molar-refractivity contribution in [2.24, 2.45) is 11.8 Å². The van der Waals surface area contributed by atoms with E-state index in [4.69, 9.17) is 5.84 Å². The van der Waals surface area contributed by atoms with Crippen LogP contribution in [0.25, 0.3) is 0 Å². The maximum Gasteiger partial charge on any atom is 0.0216 e. The van der Waals surface area contributed by atoms with Crippen molar-refractivity contribution in [1.29, 1.82) is 0 Å². The van der Waals surface area contributed by atoms with Gasteiger partial charge in [-0.15, -0.1) is 6.58 Å². The minimum Gasteiger partial charge on any atom is -0.271 e. The van der Waals surface area contributed by atoms with E-state index in [1.54, 1.807) is 0 Å². The third-order valence-electron chi connectivity index (χ3n) is 3.75. The van der Waals surface area contributed by atoms with Gasteiger partial charge in [0.1, 0.15) is 0 Å². The lowest BCUT2D eigenvalue weighted by molar-refractivity contribution is 0.342. The zero-order valence-electron chi connectivity index (χ0n) is 10.8. The van der Waals surface area contributed by atoms with Gasteiger partial charge in [0.2, 0.25) is 0 Å². The van der Waals surface area contributed by atoms with Gasteiger partial charge in [-0.05, 0) is 32.1 Å². The van der Waals surface area contributed by atoms with E-state index >= 15 is 0 Å². The molecule has 1 unspecified atom stereocenters. The molecule has 0 aromatic heterocycles. The molecule has 0 aromatic carbocycles. The van der Waals surface area contributed by atoms with E-state index in [1.165, 1.54) is 50.5 Å². The third-order valence-corrected chi connectivity index (χ3v) is 3.75. The summed E-state index contributed by atoms with van der Waals surface area (Å²) in [5.41, 5.74) is 4.25. The highest BCUT2D eigenvalue weighted by Crippen LogP contribution is 2.27. The Morgan fingerprint density at radius 1 is 1.31 bits per heavy atom. The van der Waals surface area contributed by atoms with Gasteiger partial charge in [0.25, 0.3) is 0 Å². The minimum atomic E-state index is 0.486. The van der Waals surface area contributed by atoms with Crippen LogP contribution >= 0.6 is 0 Å². The van der Waals surface area contributed by atoms with E-state index in [0.29, 0.717) is 6.04 Å². The van der Waals surface area contributed by atoms with E-state index in [9.17, 15) is 0 Å². The first-order valence-electron chi connectivity index (χ1n) is 6.83. The summed E-state index contributed by atoms with van der Waals surface area (Å²) < 4.78 is 0. The first-order chi connectivity index (χ1) is 7.72. The van der Waals surface area contributed by atoms with Crippen molar-refractivity contribution in [2.75, 3.05) is 0 Å². The highest BCUT2D eigenvalue weighted by molar-refractivity contribution is 4.89. The van der Waals surface area contributed by atoms with Crippen LogP contribution in [0.3, 0.4) is 0 Å². The summed E-state index contributed by atoms with van der Waals surface area (Å²) in [6, 6.07) is 0.486. The largest absolute Gasteiger partial charge is 0.271 e. The molecule has 0 aliphatic heterocycles. The van der Waals surface area contributed by atoms with E-state index in [0.717, 1.165) is 18.8 Å². The molecule has 16 heavy (non-hydrogen) atoms. The summed E-state index contributed by atoms with van der Waals surface area (Å²) in [5, 5.41) is 0. The number of hydrogen-bond donors (Lipinski definition) is 2. The molecule has 0 bridgehead atoms. The Balaban J connectivity index is 2.27. The maximum atomic E-state index is 5.64. The molecular formula is C14H28N2. The lowest BCUT2D eigenvalue weighted by Gasteiger charge is -2.22. The van der Waals surface area contributed by atoms with Gasteiger partial charge >= 0.3 is 0 Å². The van der Waals surface area contributed by atoms with Crippen LogP contribution in [-0.4, -0.2) is 6.04 Å². The molecule has 2 heteroatoms. The van der Waals surface area contributed by atoms with Gasteiger partial charge in [-0.25, -0.2) is 0 Å². The van der Waals surface area contributed by atoms with Crippen LogP contribution in [0.15, 0.2) is 12.2 Å². The fourth-order valence-corrected chi connectivity index (χ4v) is 2.69. The molecule has 0 heterocycles. The second-order valence-electron chi connectivity index (χ2n) is 5.45. The molecule has 1 rings (SSSR count). The highest BCUT2D eigenvalue weighted by atomic mass is 15.2. The van der Waals surface area contributed by atoms with E-state index in [2.05, 4.69) is 18.9 Å². The summed E-state index contributed by atoms with van der Waals surface area (Å²) in [7, 11) is 0. The van der Waals surface area contributed by atoms with Gasteiger partial charge in [0, 0.05) is 6.04 Å². The van der Waals surface area contributed by atoms with Crippen LogP contribution in [0, 0.1) is 5.92 Å². The zero-order chi connectivity index (χ0) is 11.8. The Labute approximate surface area is 101 Å². The van der Waals surface area contributed by atoms with Crippen LogP contribution < -0.4 is 11.3 Å². The fourth-order valence-electron chi connectivity index (χ4n) is 2.69. The number of rotatable bonds is 6. The number of allylic oxidation sites excluding steroid dienone is 1. The van der Waals surface area contributed by atoms with Crippen LogP contribution in [-0.2, 0) is 0 Å². The Bertz CT molecular complexity index is 193. The minimum absolute atomic E-state index is 0.486. The quantitative estimate of drug-likeness (QED) is 0.313. The Morgan fingerprint density at radius 3 is 2.44 bits per heavy atom. The highest BCUT2D eigenvalue weighted by Gasteiger charge is 2.17. The maximum absolute atomic E-state index is 5.64. The molecule has 0 spiro atoms. The second kappa shape index (κ2) is 7.86. The Hall–Kier alpha value is -0.340. The summed E-state index contributed by atoms with van der Waals surface area (Å²) in [6.45, 7) is 6.05. The lowest BCUT2D eigenvalue weighted by atomic mass is 9.90. The topological polar surface area (TPSA) is 38.0 Å². The van der Waals surface area contributed by atoms with Crippen molar-refractivity contribution in [3.05, 3.63) is 12.2 Å². The molecule has 3 N–H and O–H groups in total. The molecule has 1 aliphatic rings. The molecule has 1 aliphatic carbocycles. The SMILES string of the molecule is C=C(C)CCC(CC1CCCCCC1)NN. The van der Waals surface area contributed by atoms with Crippen LogP contribution in [0.2, 0.25) is 0 Å². The summed E-state index contributed by atoms with van der Waals surface area (Å²) >= 11 is 0. The van der Waals surface area contributed by atoms with Crippen molar-refractivity contribution in [3.63, 3.8) is 0 Å². The number of nitrogens with one attached hydrogen (secondary N) is 1. The molecule has 0 radical (unpaired) electrons. The van der Waals surface area contributed by atoms with Crippen molar-refractivity contribution >= 4 is 0 Å². The second-order valence-corrected chi connectivity index (χ2v) is 5.45. The van der Waals surface area contributed by atoms with E-state index < -0.39 is 0 Å². The predicted octanol–water partition coefficient (Wildman–Crippen LogP) is 3.54. The summed E-state index contributed by atoms with van der Waals surface area (Å²) in [4.78, 5) is 0. The average Bonchev–Trinajstić information content (AvgIpc) is 2.52. The molecular weight excluding hydrogens is 196 g/mol. The summed E-state index contributed by atoms with van der Waals surface area (Å²) in [5.74, 6) is 6.53. The number of hydrogen-bond acceptors (Lipinski definition) is 2. The molecule has 1 fully saturated rings. The Morgan fingerprint density at radius 2 is 1.94 bits per heavy atom. The standard InChI is InChI=1S/C14H28N2/c1-12(2)9-10-14(16-15)11-13-7-5-3-4-6-8-13/h13-14,16H,1,3-11,15H2,2H3. The Kier molecular flexibility index (Phi) is 6.74. The monoisotopic (exact) mass is 224 g/mol. The van der Waals surface area contributed by atoms with Crippen LogP contribution in [0.1, 0.15) is 64.7 Å². The predicted molar refractivity (Wildman–Crippen MR) is 71.0 cm³/mol. The number of hydrazine groups is 1. The van der Waals surface area contributed by atoms with Crippen molar-refractivity contribution in [2.45, 2.75) is 70.8 Å². The van der Waals surface area contributed by atoms with Crippen molar-refractivity contribution < 1.29 is 0 Å². The normalized spacial score (nSPS) is 20.4. The van der Waals surface area contributed by atoms with Crippen molar-refractivity contribution in [1.82, 2.24) is 5.43 Å². The first-order valence-corrected chi connectivity index (χ1v) is 6.83. The molecule has 2 nitrogen and oxygen atoms in total. The van der Waals surface area contributed by atoms with Gasteiger partial charge in [-0.3, -0.25) is 11.3 Å². The van der Waals surface area contributed by atoms with Crippen LogP contribution in [0.4, 0.5) is 0 Å². The first kappa shape index (κ1) is 13.7. The third kappa shape index (κ3) is 5.66. The lowest BCUT2D eigenvalue weighted by Crippen LogP contribution is -2.36. The van der Waals surface area contributed by atoms with Gasteiger partial charge in [0.15, 0.2) is 0 Å². The molecule has 1 saturated carbocycles. The molecule has 1 atom stereocenters. The zero-order valence-corrected chi connectivity index (χ0v) is 10.8. The van der Waals surface area contributed by atoms with Crippen LogP contribution in [0.5, 0.6) is 0 Å². The average molecular weight is 224 g/mol. The fraction of sp³-hybridized carbons (Fsp3) is 0.857. The smallest absolute Gasteiger partial charge is 0.0216 e. The van der Waals surface area contributed by atoms with Gasteiger partial charge < -0.3 is 0 Å². The number of nitrogens with two attached hydrogens (primary N) is 1. The van der Waals surface area contributed by atoms with E-state index in [-0.39, 0.29) is 0 Å².